The Bertz CT molecular complexity index is 664. The van der Waals surface area contributed by atoms with Gasteiger partial charge in [-0.05, 0) is 47.6 Å². The molecule has 2 aromatic rings. The largest absolute Gasteiger partial charge is 0.325 e. The number of amides is 1. The average molecular weight is 308 g/mol. The normalized spacial score (nSPS) is 25.8. The van der Waals surface area contributed by atoms with Crippen LogP contribution in [0.1, 0.15) is 12.0 Å². The van der Waals surface area contributed by atoms with Crippen LogP contribution in [0.4, 0.5) is 5.69 Å². The van der Waals surface area contributed by atoms with Gasteiger partial charge in [0.1, 0.15) is 0 Å². The van der Waals surface area contributed by atoms with E-state index in [-0.39, 0.29) is 5.91 Å². The van der Waals surface area contributed by atoms with Crippen molar-refractivity contribution in [1.29, 1.82) is 0 Å². The van der Waals surface area contributed by atoms with Gasteiger partial charge in [0.15, 0.2) is 0 Å². The van der Waals surface area contributed by atoms with Crippen LogP contribution < -0.4 is 5.32 Å². The molecular formula is C18H20N4O. The van der Waals surface area contributed by atoms with Crippen LogP contribution in [0, 0.1) is 17.8 Å². The van der Waals surface area contributed by atoms with Gasteiger partial charge in [0.2, 0.25) is 5.91 Å². The number of pyridine rings is 2. The highest BCUT2D eigenvalue weighted by atomic mass is 16.1. The summed E-state index contributed by atoms with van der Waals surface area (Å²) in [5.74, 6) is 2.05. The molecule has 2 fully saturated rings. The second-order valence-corrected chi connectivity index (χ2v) is 6.54. The smallest absolute Gasteiger partial charge is 0.224 e. The number of aromatic nitrogens is 2. The molecule has 1 aliphatic heterocycles. The lowest BCUT2D eigenvalue weighted by molar-refractivity contribution is -0.116. The number of rotatable bonds is 5. The Balaban J connectivity index is 1.24. The van der Waals surface area contributed by atoms with Crippen molar-refractivity contribution in [1.82, 2.24) is 14.9 Å². The topological polar surface area (TPSA) is 58.1 Å². The van der Waals surface area contributed by atoms with Crippen molar-refractivity contribution in [3.63, 3.8) is 0 Å². The number of carbonyl (C=O) groups is 1. The lowest BCUT2D eigenvalue weighted by atomic mass is 10.1. The highest BCUT2D eigenvalue weighted by Gasteiger charge is 2.55. The number of likely N-dealkylation sites (tertiary alicyclic amines) is 1. The van der Waals surface area contributed by atoms with Crippen molar-refractivity contribution < 1.29 is 4.79 Å². The average Bonchev–Trinajstić information content (AvgIpc) is 3.01. The van der Waals surface area contributed by atoms with Gasteiger partial charge in [-0.2, -0.15) is 0 Å². The summed E-state index contributed by atoms with van der Waals surface area (Å²) in [5.41, 5.74) is 2.09. The SMILES string of the molecule is O=C(CC1[C@H]2CN(Cc3ccncc3)C[C@@H]12)Nc1cccnc1. The van der Waals surface area contributed by atoms with E-state index in [0.29, 0.717) is 24.2 Å². The van der Waals surface area contributed by atoms with Crippen LogP contribution in [0.15, 0.2) is 49.1 Å². The molecule has 4 rings (SSSR count). The minimum absolute atomic E-state index is 0.109. The van der Waals surface area contributed by atoms with Crippen molar-refractivity contribution in [2.75, 3.05) is 18.4 Å². The Hall–Kier alpha value is -2.27. The van der Waals surface area contributed by atoms with E-state index in [1.54, 1.807) is 12.4 Å². The molecule has 1 N–H and O–H groups in total. The van der Waals surface area contributed by atoms with Gasteiger partial charge in [-0.3, -0.25) is 19.7 Å². The van der Waals surface area contributed by atoms with Gasteiger partial charge >= 0.3 is 0 Å². The summed E-state index contributed by atoms with van der Waals surface area (Å²) < 4.78 is 0. The first-order valence-electron chi connectivity index (χ1n) is 8.11. The van der Waals surface area contributed by atoms with E-state index in [4.69, 9.17) is 0 Å². The summed E-state index contributed by atoms with van der Waals surface area (Å²) in [4.78, 5) is 22.7. The fraction of sp³-hybridized carbons (Fsp3) is 0.389. The third-order valence-corrected chi connectivity index (χ3v) is 4.97. The molecule has 0 bridgehead atoms. The summed E-state index contributed by atoms with van der Waals surface area (Å²) in [6.07, 6.45) is 7.71. The number of anilines is 1. The standard InChI is InChI=1S/C18H20N4O/c23-18(21-14-2-1-5-20-9-14)8-15-16-11-22(12-17(15)16)10-13-3-6-19-7-4-13/h1-7,9,15-17H,8,10-12H2,(H,21,23)/t15?,16-,17+. The summed E-state index contributed by atoms with van der Waals surface area (Å²) >= 11 is 0. The van der Waals surface area contributed by atoms with Crippen LogP contribution in [0.25, 0.3) is 0 Å². The molecule has 5 heteroatoms. The molecule has 0 aromatic carbocycles. The van der Waals surface area contributed by atoms with Gasteiger partial charge < -0.3 is 5.32 Å². The fourth-order valence-electron chi connectivity index (χ4n) is 3.78. The lowest BCUT2D eigenvalue weighted by Gasteiger charge is -2.19. The second kappa shape index (κ2) is 6.08. The molecule has 1 unspecified atom stereocenters. The van der Waals surface area contributed by atoms with E-state index < -0.39 is 0 Å². The molecule has 2 aliphatic rings. The van der Waals surface area contributed by atoms with Gasteiger partial charge in [-0.15, -0.1) is 0 Å². The van der Waals surface area contributed by atoms with Gasteiger partial charge in [0.05, 0.1) is 11.9 Å². The quantitative estimate of drug-likeness (QED) is 0.920. The maximum absolute atomic E-state index is 12.1. The zero-order valence-electron chi connectivity index (χ0n) is 12.9. The number of fused-ring (bicyclic) bond motifs is 1. The summed E-state index contributed by atoms with van der Waals surface area (Å²) in [7, 11) is 0. The van der Waals surface area contributed by atoms with Crippen LogP contribution in [0.3, 0.4) is 0 Å². The zero-order chi connectivity index (χ0) is 15.6. The molecule has 1 amide bonds. The molecule has 118 valence electrons. The predicted octanol–water partition coefficient (Wildman–Crippen LogP) is 2.18. The second-order valence-electron chi connectivity index (χ2n) is 6.54. The van der Waals surface area contributed by atoms with Crippen LogP contribution in [0.2, 0.25) is 0 Å². The first-order chi connectivity index (χ1) is 11.3. The monoisotopic (exact) mass is 308 g/mol. The Morgan fingerprint density at radius 3 is 2.61 bits per heavy atom. The van der Waals surface area contributed by atoms with Gasteiger partial charge in [0.25, 0.3) is 0 Å². The van der Waals surface area contributed by atoms with Crippen molar-refractivity contribution in [3.8, 4) is 0 Å². The third-order valence-electron chi connectivity index (χ3n) is 4.97. The van der Waals surface area contributed by atoms with E-state index in [9.17, 15) is 4.79 Å². The Morgan fingerprint density at radius 2 is 1.91 bits per heavy atom. The molecule has 0 spiro atoms. The molecular weight excluding hydrogens is 288 g/mol. The van der Waals surface area contributed by atoms with E-state index >= 15 is 0 Å². The number of nitrogens with one attached hydrogen (secondary N) is 1. The minimum atomic E-state index is 0.109. The highest BCUT2D eigenvalue weighted by Crippen LogP contribution is 2.53. The van der Waals surface area contributed by atoms with Crippen LogP contribution >= 0.6 is 0 Å². The van der Waals surface area contributed by atoms with E-state index in [2.05, 4.69) is 32.3 Å². The molecule has 5 nitrogen and oxygen atoms in total. The number of nitrogens with zero attached hydrogens (tertiary/aromatic N) is 3. The predicted molar refractivity (Wildman–Crippen MR) is 87.5 cm³/mol. The first kappa shape index (κ1) is 14.3. The van der Waals surface area contributed by atoms with Gasteiger partial charge in [-0.1, -0.05) is 0 Å². The Morgan fingerprint density at radius 1 is 1.13 bits per heavy atom. The molecule has 2 aromatic heterocycles. The van der Waals surface area contributed by atoms with Crippen LogP contribution in [-0.2, 0) is 11.3 Å². The summed E-state index contributed by atoms with van der Waals surface area (Å²) in [5, 5.41) is 2.93. The highest BCUT2D eigenvalue weighted by molar-refractivity contribution is 5.90. The van der Waals surface area contributed by atoms with E-state index in [1.165, 1.54) is 5.56 Å². The van der Waals surface area contributed by atoms with Crippen molar-refractivity contribution in [3.05, 3.63) is 54.6 Å². The molecule has 1 saturated carbocycles. The zero-order valence-corrected chi connectivity index (χ0v) is 12.9. The Kier molecular flexibility index (Phi) is 3.79. The van der Waals surface area contributed by atoms with Crippen LogP contribution in [0.5, 0.6) is 0 Å². The molecule has 1 saturated heterocycles. The number of hydrogen-bond donors (Lipinski definition) is 1. The number of carbonyl (C=O) groups excluding carboxylic acids is 1. The number of piperidine rings is 1. The van der Waals surface area contributed by atoms with Crippen LogP contribution in [-0.4, -0.2) is 33.9 Å². The van der Waals surface area contributed by atoms with Gasteiger partial charge in [-0.25, -0.2) is 0 Å². The molecule has 3 atom stereocenters. The minimum Gasteiger partial charge on any atom is -0.325 e. The maximum Gasteiger partial charge on any atom is 0.224 e. The first-order valence-corrected chi connectivity index (χ1v) is 8.11. The van der Waals surface area contributed by atoms with E-state index in [1.807, 2.05) is 24.5 Å². The number of hydrogen-bond acceptors (Lipinski definition) is 4. The summed E-state index contributed by atoms with van der Waals surface area (Å²) in [6, 6.07) is 7.85. The molecule has 0 radical (unpaired) electrons. The summed E-state index contributed by atoms with van der Waals surface area (Å²) in [6.45, 7) is 3.21. The van der Waals surface area contributed by atoms with E-state index in [0.717, 1.165) is 25.3 Å². The van der Waals surface area contributed by atoms with Gasteiger partial charge in [0, 0.05) is 44.6 Å². The Labute approximate surface area is 135 Å². The molecule has 1 aliphatic carbocycles. The molecule has 3 heterocycles. The van der Waals surface area contributed by atoms with Crippen molar-refractivity contribution in [2.24, 2.45) is 17.8 Å². The third kappa shape index (κ3) is 3.24. The maximum atomic E-state index is 12.1. The van der Waals surface area contributed by atoms with Crippen molar-refractivity contribution in [2.45, 2.75) is 13.0 Å². The van der Waals surface area contributed by atoms with Crippen molar-refractivity contribution >= 4 is 11.6 Å². The fourth-order valence-corrected chi connectivity index (χ4v) is 3.78. The molecule has 23 heavy (non-hydrogen) atoms. The lowest BCUT2D eigenvalue weighted by Crippen LogP contribution is -2.25.